The highest BCUT2D eigenvalue weighted by molar-refractivity contribution is 5.57. The number of halogens is 2. The third kappa shape index (κ3) is 1.56. The molecular weight excluding hydrogens is 174 g/mol. The van der Waals surface area contributed by atoms with E-state index in [4.69, 9.17) is 11.5 Å². The van der Waals surface area contributed by atoms with E-state index in [1.54, 1.807) is 13.8 Å². The fourth-order valence-electron chi connectivity index (χ4n) is 1.21. The van der Waals surface area contributed by atoms with E-state index in [-0.39, 0.29) is 22.9 Å². The molecule has 0 bridgehead atoms. The minimum absolute atomic E-state index is 0.0440. The van der Waals surface area contributed by atoms with Gasteiger partial charge in [-0.2, -0.15) is 0 Å². The monoisotopic (exact) mass is 186 g/mol. The molecule has 72 valence electrons. The maximum absolute atomic E-state index is 13.3. The maximum atomic E-state index is 13.3. The summed E-state index contributed by atoms with van der Waals surface area (Å²) in [5.74, 6) is -1.69. The van der Waals surface area contributed by atoms with E-state index in [9.17, 15) is 8.78 Å². The van der Waals surface area contributed by atoms with E-state index < -0.39 is 11.6 Å². The number of nitrogen functional groups attached to an aromatic ring is 2. The van der Waals surface area contributed by atoms with Crippen LogP contribution in [0.4, 0.5) is 20.2 Å². The minimum Gasteiger partial charge on any atom is -0.396 e. The first-order valence-corrected chi connectivity index (χ1v) is 3.98. The zero-order valence-corrected chi connectivity index (χ0v) is 7.57. The lowest BCUT2D eigenvalue weighted by Gasteiger charge is -2.11. The summed E-state index contributed by atoms with van der Waals surface area (Å²) in [6.45, 7) is 3.36. The molecule has 0 saturated heterocycles. The normalized spacial score (nSPS) is 10.8. The van der Waals surface area contributed by atoms with Gasteiger partial charge in [0.2, 0.25) is 0 Å². The number of rotatable bonds is 1. The van der Waals surface area contributed by atoms with Crippen LogP contribution in [0.3, 0.4) is 0 Å². The zero-order chi connectivity index (χ0) is 10.2. The number of hydrogen-bond acceptors (Lipinski definition) is 2. The van der Waals surface area contributed by atoms with Crippen molar-refractivity contribution in [3.8, 4) is 0 Å². The molecule has 0 atom stereocenters. The van der Waals surface area contributed by atoms with Crippen molar-refractivity contribution >= 4 is 11.4 Å². The molecule has 0 aliphatic heterocycles. The number of hydrogen-bond donors (Lipinski definition) is 2. The predicted molar refractivity (Wildman–Crippen MR) is 49.3 cm³/mol. The summed E-state index contributed by atoms with van der Waals surface area (Å²) in [5.41, 5.74) is 10.4. The molecule has 0 fully saturated rings. The van der Waals surface area contributed by atoms with Crippen LogP contribution < -0.4 is 11.5 Å². The fraction of sp³-hybridized carbons (Fsp3) is 0.333. The predicted octanol–water partition coefficient (Wildman–Crippen LogP) is 2.25. The van der Waals surface area contributed by atoms with Crippen LogP contribution in [-0.2, 0) is 0 Å². The Balaban J connectivity index is 3.46. The molecule has 0 amide bonds. The van der Waals surface area contributed by atoms with E-state index in [1.807, 2.05) is 0 Å². The van der Waals surface area contributed by atoms with E-state index in [0.717, 1.165) is 6.07 Å². The van der Waals surface area contributed by atoms with Crippen molar-refractivity contribution in [2.45, 2.75) is 19.8 Å². The van der Waals surface area contributed by atoms with Gasteiger partial charge in [-0.1, -0.05) is 13.8 Å². The standard InChI is InChI=1S/C9H12F2N2/c1-4(2)7-8(10)5(12)3-6(13)9(7)11/h3-4H,12-13H2,1-2H3. The molecule has 1 aromatic carbocycles. The van der Waals surface area contributed by atoms with Crippen molar-refractivity contribution in [2.24, 2.45) is 0 Å². The van der Waals surface area contributed by atoms with E-state index in [2.05, 4.69) is 0 Å². The maximum Gasteiger partial charge on any atom is 0.152 e. The average molecular weight is 186 g/mol. The molecule has 13 heavy (non-hydrogen) atoms. The Morgan fingerprint density at radius 3 is 1.77 bits per heavy atom. The Kier molecular flexibility index (Phi) is 2.40. The van der Waals surface area contributed by atoms with Crippen molar-refractivity contribution in [3.63, 3.8) is 0 Å². The number of nitrogens with two attached hydrogens (primary N) is 2. The fourth-order valence-corrected chi connectivity index (χ4v) is 1.21. The summed E-state index contributed by atoms with van der Waals surface area (Å²) in [4.78, 5) is 0. The van der Waals surface area contributed by atoms with Gasteiger partial charge in [-0.25, -0.2) is 8.78 Å². The first-order valence-electron chi connectivity index (χ1n) is 3.98. The van der Waals surface area contributed by atoms with Crippen molar-refractivity contribution in [2.75, 3.05) is 11.5 Å². The molecule has 1 aromatic rings. The van der Waals surface area contributed by atoms with Crippen LogP contribution in [-0.4, -0.2) is 0 Å². The largest absolute Gasteiger partial charge is 0.396 e. The quantitative estimate of drug-likeness (QED) is 0.661. The second-order valence-corrected chi connectivity index (χ2v) is 3.25. The van der Waals surface area contributed by atoms with Gasteiger partial charge in [0.25, 0.3) is 0 Å². The second-order valence-electron chi connectivity index (χ2n) is 3.25. The van der Waals surface area contributed by atoms with Crippen LogP contribution in [0, 0.1) is 11.6 Å². The van der Waals surface area contributed by atoms with Gasteiger partial charge in [0.15, 0.2) is 11.6 Å². The van der Waals surface area contributed by atoms with Gasteiger partial charge < -0.3 is 11.5 Å². The number of benzene rings is 1. The Labute approximate surface area is 75.5 Å². The summed E-state index contributed by atoms with van der Waals surface area (Å²) in [7, 11) is 0. The zero-order valence-electron chi connectivity index (χ0n) is 7.57. The summed E-state index contributed by atoms with van der Waals surface area (Å²) in [6, 6.07) is 1.09. The topological polar surface area (TPSA) is 52.0 Å². The van der Waals surface area contributed by atoms with Gasteiger partial charge in [-0.15, -0.1) is 0 Å². The van der Waals surface area contributed by atoms with Gasteiger partial charge in [0.05, 0.1) is 11.4 Å². The molecule has 1 rings (SSSR count). The highest BCUT2D eigenvalue weighted by atomic mass is 19.1. The summed E-state index contributed by atoms with van der Waals surface area (Å²) in [6.07, 6.45) is 0. The van der Waals surface area contributed by atoms with Crippen LogP contribution in [0.2, 0.25) is 0 Å². The Morgan fingerprint density at radius 2 is 1.46 bits per heavy atom. The third-order valence-corrected chi connectivity index (χ3v) is 1.87. The van der Waals surface area contributed by atoms with Crippen LogP contribution >= 0.6 is 0 Å². The molecule has 4 N–H and O–H groups in total. The molecule has 0 unspecified atom stereocenters. The highest BCUT2D eigenvalue weighted by Crippen LogP contribution is 2.29. The molecule has 0 spiro atoms. The van der Waals surface area contributed by atoms with E-state index in [1.165, 1.54) is 0 Å². The van der Waals surface area contributed by atoms with Gasteiger partial charge in [0.1, 0.15) is 0 Å². The molecule has 0 radical (unpaired) electrons. The molecule has 0 heterocycles. The molecule has 0 aliphatic carbocycles. The first kappa shape index (κ1) is 9.77. The average Bonchev–Trinajstić information content (AvgIpc) is 2.01. The Bertz CT molecular complexity index is 309. The molecule has 0 aliphatic rings. The lowest BCUT2D eigenvalue weighted by molar-refractivity contribution is 0.547. The van der Waals surface area contributed by atoms with Gasteiger partial charge in [-0.3, -0.25) is 0 Å². The lowest BCUT2D eigenvalue weighted by Crippen LogP contribution is -2.06. The molecule has 0 aromatic heterocycles. The van der Waals surface area contributed by atoms with Crippen molar-refractivity contribution in [1.29, 1.82) is 0 Å². The van der Waals surface area contributed by atoms with Crippen LogP contribution in [0.25, 0.3) is 0 Å². The molecule has 4 heteroatoms. The van der Waals surface area contributed by atoms with Gasteiger partial charge in [0, 0.05) is 5.56 Å². The lowest BCUT2D eigenvalue weighted by atomic mass is 10.0. The smallest absolute Gasteiger partial charge is 0.152 e. The highest BCUT2D eigenvalue weighted by Gasteiger charge is 2.17. The summed E-state index contributed by atoms with van der Waals surface area (Å²) >= 11 is 0. The Hall–Kier alpha value is -1.32. The summed E-state index contributed by atoms with van der Waals surface area (Å²) in [5, 5.41) is 0. The van der Waals surface area contributed by atoms with Crippen LogP contribution in [0.15, 0.2) is 6.07 Å². The second kappa shape index (κ2) is 3.20. The first-order chi connectivity index (χ1) is 5.95. The van der Waals surface area contributed by atoms with Gasteiger partial charge in [-0.05, 0) is 12.0 Å². The van der Waals surface area contributed by atoms with E-state index in [0.29, 0.717) is 0 Å². The van der Waals surface area contributed by atoms with Crippen molar-refractivity contribution in [1.82, 2.24) is 0 Å². The molecule has 0 saturated carbocycles. The van der Waals surface area contributed by atoms with Crippen molar-refractivity contribution in [3.05, 3.63) is 23.3 Å². The number of anilines is 2. The van der Waals surface area contributed by atoms with E-state index >= 15 is 0 Å². The van der Waals surface area contributed by atoms with Gasteiger partial charge >= 0.3 is 0 Å². The van der Waals surface area contributed by atoms with Crippen LogP contribution in [0.1, 0.15) is 25.3 Å². The molecule has 2 nitrogen and oxygen atoms in total. The third-order valence-electron chi connectivity index (χ3n) is 1.87. The van der Waals surface area contributed by atoms with Crippen LogP contribution in [0.5, 0.6) is 0 Å². The Morgan fingerprint density at radius 1 is 1.08 bits per heavy atom. The molecular formula is C9H12F2N2. The SMILES string of the molecule is CC(C)c1c(F)c(N)cc(N)c1F. The summed E-state index contributed by atoms with van der Waals surface area (Å²) < 4.78 is 26.5. The van der Waals surface area contributed by atoms with Crippen molar-refractivity contribution < 1.29 is 8.78 Å². The minimum atomic E-state index is -0.707.